The van der Waals surface area contributed by atoms with Gasteiger partial charge in [-0.3, -0.25) is 9.59 Å². The highest BCUT2D eigenvalue weighted by molar-refractivity contribution is 5.99. The SMILES string of the molecule is CCCCOC(=O)C(C)(C)C(=O)OCC(F)(F)C(F)(F)F. The Morgan fingerprint density at radius 2 is 1.43 bits per heavy atom. The minimum Gasteiger partial charge on any atom is -0.465 e. The fraction of sp³-hybridized carbons (Fsp3) is 0.833. The zero-order valence-corrected chi connectivity index (χ0v) is 11.9. The van der Waals surface area contributed by atoms with Gasteiger partial charge in [-0.2, -0.15) is 22.0 Å². The highest BCUT2D eigenvalue weighted by Crippen LogP contribution is 2.36. The summed E-state index contributed by atoms with van der Waals surface area (Å²) in [5.74, 6) is -7.73. The Morgan fingerprint density at radius 3 is 1.86 bits per heavy atom. The van der Waals surface area contributed by atoms with E-state index in [1.165, 1.54) is 0 Å². The molecular formula is C12H17F5O4. The molecule has 0 fully saturated rings. The summed E-state index contributed by atoms with van der Waals surface area (Å²) in [6.07, 6.45) is -4.59. The molecule has 0 N–H and O–H groups in total. The van der Waals surface area contributed by atoms with Crippen molar-refractivity contribution in [1.82, 2.24) is 0 Å². The second kappa shape index (κ2) is 7.04. The van der Waals surface area contributed by atoms with Crippen LogP contribution in [-0.2, 0) is 19.1 Å². The highest BCUT2D eigenvalue weighted by atomic mass is 19.4. The summed E-state index contributed by atoms with van der Waals surface area (Å²) in [6, 6.07) is 0. The number of rotatable bonds is 7. The molecule has 0 heterocycles. The summed E-state index contributed by atoms with van der Waals surface area (Å²) < 4.78 is 69.6. The van der Waals surface area contributed by atoms with Gasteiger partial charge < -0.3 is 9.47 Å². The van der Waals surface area contributed by atoms with Gasteiger partial charge in [-0.1, -0.05) is 13.3 Å². The maximum Gasteiger partial charge on any atom is 0.456 e. The van der Waals surface area contributed by atoms with E-state index in [1.807, 2.05) is 6.92 Å². The molecule has 0 aromatic rings. The fourth-order valence-corrected chi connectivity index (χ4v) is 0.991. The maximum atomic E-state index is 12.6. The molecule has 0 aliphatic carbocycles. The molecule has 0 amide bonds. The number of alkyl halides is 5. The van der Waals surface area contributed by atoms with Gasteiger partial charge in [-0.25, -0.2) is 0 Å². The zero-order chi connectivity index (χ0) is 16.9. The molecule has 0 spiro atoms. The standard InChI is InChI=1S/C12H17F5O4/c1-4-5-6-20-8(18)10(2,3)9(19)21-7-11(13,14)12(15,16)17/h4-7H2,1-3H3. The van der Waals surface area contributed by atoms with Gasteiger partial charge in [0.05, 0.1) is 6.61 Å². The lowest BCUT2D eigenvalue weighted by atomic mass is 9.94. The number of carbonyl (C=O) groups is 2. The van der Waals surface area contributed by atoms with Gasteiger partial charge in [0.2, 0.25) is 0 Å². The van der Waals surface area contributed by atoms with E-state index >= 15 is 0 Å². The third kappa shape index (κ3) is 5.47. The monoisotopic (exact) mass is 320 g/mol. The van der Waals surface area contributed by atoms with Crippen LogP contribution in [0.2, 0.25) is 0 Å². The van der Waals surface area contributed by atoms with Crippen molar-refractivity contribution in [3.8, 4) is 0 Å². The van der Waals surface area contributed by atoms with Gasteiger partial charge in [0.1, 0.15) is 0 Å². The number of esters is 2. The van der Waals surface area contributed by atoms with Crippen LogP contribution < -0.4 is 0 Å². The van der Waals surface area contributed by atoms with Crippen molar-refractivity contribution in [2.45, 2.75) is 45.7 Å². The Bertz CT molecular complexity index is 376. The molecule has 0 rings (SSSR count). The molecule has 0 radical (unpaired) electrons. The topological polar surface area (TPSA) is 52.6 Å². The predicted molar refractivity (Wildman–Crippen MR) is 61.6 cm³/mol. The van der Waals surface area contributed by atoms with Crippen LogP contribution >= 0.6 is 0 Å². The summed E-state index contributed by atoms with van der Waals surface area (Å²) in [5.41, 5.74) is -1.96. The average Bonchev–Trinajstić information content (AvgIpc) is 2.34. The lowest BCUT2D eigenvalue weighted by Crippen LogP contribution is -2.44. The Hall–Kier alpha value is -1.41. The van der Waals surface area contributed by atoms with Gasteiger partial charge in [0.15, 0.2) is 12.0 Å². The molecule has 0 saturated carbocycles. The van der Waals surface area contributed by atoms with Crippen LogP contribution in [0.3, 0.4) is 0 Å². The molecule has 9 heteroatoms. The molecule has 0 saturated heterocycles. The van der Waals surface area contributed by atoms with E-state index < -0.39 is 36.1 Å². The Kier molecular flexibility index (Phi) is 6.56. The molecule has 21 heavy (non-hydrogen) atoms. The molecule has 0 unspecified atom stereocenters. The van der Waals surface area contributed by atoms with Crippen molar-refractivity contribution in [3.05, 3.63) is 0 Å². The number of ether oxygens (including phenoxy) is 2. The number of halogens is 5. The van der Waals surface area contributed by atoms with Gasteiger partial charge in [-0.05, 0) is 20.3 Å². The third-order valence-electron chi connectivity index (χ3n) is 2.55. The number of carbonyl (C=O) groups excluding carboxylic acids is 2. The fourth-order valence-electron chi connectivity index (χ4n) is 0.991. The van der Waals surface area contributed by atoms with Gasteiger partial charge >= 0.3 is 24.0 Å². The molecule has 0 bridgehead atoms. The van der Waals surface area contributed by atoms with Gasteiger partial charge in [0, 0.05) is 0 Å². The summed E-state index contributed by atoms with van der Waals surface area (Å²) in [6.45, 7) is 1.71. The van der Waals surface area contributed by atoms with Crippen LogP contribution in [0.5, 0.6) is 0 Å². The summed E-state index contributed by atoms with van der Waals surface area (Å²) >= 11 is 0. The van der Waals surface area contributed by atoms with Crippen molar-refractivity contribution >= 4 is 11.9 Å². The minimum atomic E-state index is -5.83. The molecule has 0 aromatic heterocycles. The quantitative estimate of drug-likeness (QED) is 0.313. The Labute approximate surface area is 118 Å². The Balaban J connectivity index is 4.60. The second-order valence-electron chi connectivity index (χ2n) is 4.89. The molecule has 0 aliphatic heterocycles. The zero-order valence-electron chi connectivity index (χ0n) is 11.9. The van der Waals surface area contributed by atoms with Crippen molar-refractivity contribution in [3.63, 3.8) is 0 Å². The minimum absolute atomic E-state index is 0.0186. The van der Waals surface area contributed by atoms with Crippen LogP contribution in [0.4, 0.5) is 22.0 Å². The first kappa shape index (κ1) is 19.6. The van der Waals surface area contributed by atoms with E-state index in [1.54, 1.807) is 0 Å². The maximum absolute atomic E-state index is 12.6. The van der Waals surface area contributed by atoms with E-state index in [-0.39, 0.29) is 6.61 Å². The predicted octanol–water partition coefficient (Wildman–Crippen LogP) is 3.10. The molecule has 0 aromatic carbocycles. The summed E-state index contributed by atoms with van der Waals surface area (Å²) in [5, 5.41) is 0. The molecule has 0 atom stereocenters. The highest BCUT2D eigenvalue weighted by Gasteiger charge is 2.59. The Morgan fingerprint density at radius 1 is 0.952 bits per heavy atom. The van der Waals surface area contributed by atoms with Crippen molar-refractivity contribution < 1.29 is 41.0 Å². The van der Waals surface area contributed by atoms with Crippen LogP contribution in [0.15, 0.2) is 0 Å². The van der Waals surface area contributed by atoms with E-state index in [0.717, 1.165) is 20.3 Å². The van der Waals surface area contributed by atoms with Gasteiger partial charge in [0.25, 0.3) is 0 Å². The van der Waals surface area contributed by atoms with E-state index in [9.17, 15) is 31.5 Å². The number of hydrogen-bond acceptors (Lipinski definition) is 4. The van der Waals surface area contributed by atoms with Crippen molar-refractivity contribution in [2.75, 3.05) is 13.2 Å². The van der Waals surface area contributed by atoms with Gasteiger partial charge in [-0.15, -0.1) is 0 Å². The third-order valence-corrected chi connectivity index (χ3v) is 2.55. The number of unbranched alkanes of at least 4 members (excludes halogenated alkanes) is 1. The first-order valence-corrected chi connectivity index (χ1v) is 6.15. The van der Waals surface area contributed by atoms with E-state index in [2.05, 4.69) is 4.74 Å². The molecule has 124 valence electrons. The van der Waals surface area contributed by atoms with E-state index in [4.69, 9.17) is 4.74 Å². The first-order valence-electron chi connectivity index (χ1n) is 6.15. The van der Waals surface area contributed by atoms with Crippen LogP contribution in [0.1, 0.15) is 33.6 Å². The molecule has 4 nitrogen and oxygen atoms in total. The second-order valence-corrected chi connectivity index (χ2v) is 4.89. The van der Waals surface area contributed by atoms with E-state index in [0.29, 0.717) is 6.42 Å². The number of hydrogen-bond donors (Lipinski definition) is 0. The first-order chi connectivity index (χ1) is 9.36. The molecular weight excluding hydrogens is 303 g/mol. The van der Waals surface area contributed by atoms with Crippen LogP contribution in [0.25, 0.3) is 0 Å². The van der Waals surface area contributed by atoms with Crippen LogP contribution in [0, 0.1) is 5.41 Å². The van der Waals surface area contributed by atoms with Crippen molar-refractivity contribution in [1.29, 1.82) is 0 Å². The van der Waals surface area contributed by atoms with Crippen LogP contribution in [-0.4, -0.2) is 37.3 Å². The largest absolute Gasteiger partial charge is 0.465 e. The molecule has 0 aliphatic rings. The summed E-state index contributed by atoms with van der Waals surface area (Å²) in [7, 11) is 0. The summed E-state index contributed by atoms with van der Waals surface area (Å²) in [4.78, 5) is 23.1. The van der Waals surface area contributed by atoms with Crippen molar-refractivity contribution in [2.24, 2.45) is 5.41 Å². The normalized spacial score (nSPS) is 13.0. The average molecular weight is 320 g/mol. The lowest BCUT2D eigenvalue weighted by molar-refractivity contribution is -0.294. The smallest absolute Gasteiger partial charge is 0.456 e. The lowest BCUT2D eigenvalue weighted by Gasteiger charge is -2.24.